The molecule has 1 aliphatic rings. The number of amides is 1. The molecule has 0 spiro atoms. The Labute approximate surface area is 97.4 Å². The van der Waals surface area contributed by atoms with Crippen molar-refractivity contribution >= 4 is 17.6 Å². The Balaban J connectivity index is 2.22. The average Bonchev–Trinajstić information content (AvgIpc) is 2.60. The Morgan fingerprint density at radius 2 is 2.29 bits per heavy atom. The SMILES string of the molecule is CN(C)CC1Oc2[nH]c(C(=O)O)cc2NC1=O. The van der Waals surface area contributed by atoms with Gasteiger partial charge in [0.15, 0.2) is 6.10 Å². The van der Waals surface area contributed by atoms with Gasteiger partial charge in [0, 0.05) is 6.54 Å². The number of aromatic amines is 1. The number of nitrogens with zero attached hydrogens (tertiary/aromatic N) is 1. The van der Waals surface area contributed by atoms with Crippen LogP contribution < -0.4 is 10.1 Å². The van der Waals surface area contributed by atoms with Crippen LogP contribution in [-0.4, -0.2) is 53.6 Å². The summed E-state index contributed by atoms with van der Waals surface area (Å²) in [5.41, 5.74) is 0.350. The number of carboxylic acids is 1. The van der Waals surface area contributed by atoms with Gasteiger partial charge in [0.1, 0.15) is 11.4 Å². The number of nitrogens with one attached hydrogen (secondary N) is 2. The number of aromatic carboxylic acids is 1. The van der Waals surface area contributed by atoms with Gasteiger partial charge >= 0.3 is 5.97 Å². The van der Waals surface area contributed by atoms with E-state index in [0.717, 1.165) is 0 Å². The molecule has 92 valence electrons. The molecule has 0 aromatic carbocycles. The molecule has 1 aliphatic heterocycles. The molecule has 1 amide bonds. The number of rotatable bonds is 3. The second-order valence-electron chi connectivity index (χ2n) is 4.09. The number of carbonyl (C=O) groups excluding carboxylic acids is 1. The van der Waals surface area contributed by atoms with Gasteiger partial charge in [0.05, 0.1) is 0 Å². The zero-order valence-corrected chi connectivity index (χ0v) is 9.48. The lowest BCUT2D eigenvalue weighted by atomic mass is 10.2. The first-order valence-electron chi connectivity index (χ1n) is 5.06. The van der Waals surface area contributed by atoms with Crippen molar-refractivity contribution in [2.24, 2.45) is 0 Å². The van der Waals surface area contributed by atoms with Crippen LogP contribution in [0.4, 0.5) is 5.69 Å². The number of aromatic nitrogens is 1. The maximum Gasteiger partial charge on any atom is 0.352 e. The number of H-pyrrole nitrogens is 1. The Hall–Kier alpha value is -2.02. The van der Waals surface area contributed by atoms with Crippen LogP contribution in [0.3, 0.4) is 0 Å². The van der Waals surface area contributed by atoms with E-state index in [1.54, 1.807) is 0 Å². The Kier molecular flexibility index (Phi) is 2.76. The molecule has 2 heterocycles. The van der Waals surface area contributed by atoms with Crippen LogP contribution in [0.5, 0.6) is 5.88 Å². The number of ether oxygens (including phenoxy) is 1. The first kappa shape index (κ1) is 11.5. The third-order valence-corrected chi connectivity index (χ3v) is 2.35. The predicted octanol–water partition coefficient (Wildman–Crippen LogP) is -0.0260. The zero-order valence-electron chi connectivity index (χ0n) is 9.48. The molecular weight excluding hydrogens is 226 g/mol. The number of hydrogen-bond acceptors (Lipinski definition) is 4. The van der Waals surface area contributed by atoms with Crippen LogP contribution in [-0.2, 0) is 4.79 Å². The molecule has 1 unspecified atom stereocenters. The van der Waals surface area contributed by atoms with E-state index in [4.69, 9.17) is 9.84 Å². The molecule has 0 aliphatic carbocycles. The van der Waals surface area contributed by atoms with Crippen LogP contribution in [0.2, 0.25) is 0 Å². The summed E-state index contributed by atoms with van der Waals surface area (Å²) >= 11 is 0. The molecule has 0 saturated heterocycles. The van der Waals surface area contributed by atoms with Crippen molar-refractivity contribution in [2.75, 3.05) is 26.0 Å². The van der Waals surface area contributed by atoms with Crippen LogP contribution in [0.15, 0.2) is 6.07 Å². The van der Waals surface area contributed by atoms with Crippen LogP contribution in [0, 0.1) is 0 Å². The van der Waals surface area contributed by atoms with Crippen molar-refractivity contribution in [3.8, 4) is 5.88 Å². The minimum atomic E-state index is -1.10. The maximum absolute atomic E-state index is 11.6. The van der Waals surface area contributed by atoms with Crippen molar-refractivity contribution in [3.63, 3.8) is 0 Å². The van der Waals surface area contributed by atoms with E-state index < -0.39 is 12.1 Å². The van der Waals surface area contributed by atoms with Gasteiger partial charge in [-0.1, -0.05) is 0 Å². The molecule has 2 rings (SSSR count). The van der Waals surface area contributed by atoms with E-state index in [-0.39, 0.29) is 17.5 Å². The lowest BCUT2D eigenvalue weighted by molar-refractivity contribution is -0.124. The molecule has 1 aromatic heterocycles. The van der Waals surface area contributed by atoms with E-state index >= 15 is 0 Å². The summed E-state index contributed by atoms with van der Waals surface area (Å²) in [6, 6.07) is 1.33. The van der Waals surface area contributed by atoms with Gasteiger partial charge in [0.2, 0.25) is 5.88 Å². The summed E-state index contributed by atoms with van der Waals surface area (Å²) in [6.07, 6.45) is -0.641. The first-order chi connectivity index (χ1) is 7.97. The molecule has 1 atom stereocenters. The fourth-order valence-electron chi connectivity index (χ4n) is 1.60. The highest BCUT2D eigenvalue weighted by molar-refractivity contribution is 5.99. The highest BCUT2D eigenvalue weighted by atomic mass is 16.5. The summed E-state index contributed by atoms with van der Waals surface area (Å²) in [4.78, 5) is 26.8. The van der Waals surface area contributed by atoms with Gasteiger partial charge in [0.25, 0.3) is 5.91 Å². The highest BCUT2D eigenvalue weighted by Crippen LogP contribution is 2.29. The Morgan fingerprint density at radius 1 is 1.59 bits per heavy atom. The number of anilines is 1. The largest absolute Gasteiger partial charge is 0.477 e. The van der Waals surface area contributed by atoms with Crippen molar-refractivity contribution in [1.29, 1.82) is 0 Å². The Bertz CT molecular complexity index is 466. The number of likely N-dealkylation sites (N-methyl/N-ethyl adjacent to an activating group) is 1. The lowest BCUT2D eigenvalue weighted by Crippen LogP contribution is -2.43. The van der Waals surface area contributed by atoms with Crippen molar-refractivity contribution < 1.29 is 19.4 Å². The third-order valence-electron chi connectivity index (χ3n) is 2.35. The third kappa shape index (κ3) is 2.23. The molecule has 7 nitrogen and oxygen atoms in total. The summed E-state index contributed by atoms with van der Waals surface area (Å²) in [5, 5.41) is 11.4. The zero-order chi connectivity index (χ0) is 12.6. The second-order valence-corrected chi connectivity index (χ2v) is 4.09. The summed E-state index contributed by atoms with van der Waals surface area (Å²) in [5.74, 6) is -1.09. The van der Waals surface area contributed by atoms with E-state index in [1.165, 1.54) is 6.07 Å². The topological polar surface area (TPSA) is 94.7 Å². The highest BCUT2D eigenvalue weighted by Gasteiger charge is 2.30. The van der Waals surface area contributed by atoms with Gasteiger partial charge in [-0.25, -0.2) is 4.79 Å². The molecule has 7 heteroatoms. The molecule has 0 bridgehead atoms. The summed E-state index contributed by atoms with van der Waals surface area (Å²) in [7, 11) is 3.65. The molecule has 0 fully saturated rings. The number of hydrogen-bond donors (Lipinski definition) is 3. The van der Waals surface area contributed by atoms with Gasteiger partial charge in [-0.2, -0.15) is 0 Å². The van der Waals surface area contributed by atoms with Gasteiger partial charge < -0.3 is 25.0 Å². The molecule has 1 aromatic rings. The lowest BCUT2D eigenvalue weighted by Gasteiger charge is -2.25. The standard InChI is InChI=1S/C10H13N3O4/c1-13(2)4-7-8(14)11-5-3-6(10(15)16)12-9(5)17-7/h3,7,12H,4H2,1-2H3,(H,11,14)(H,15,16). The van der Waals surface area contributed by atoms with Gasteiger partial charge in [-0.15, -0.1) is 0 Å². The predicted molar refractivity (Wildman–Crippen MR) is 59.4 cm³/mol. The van der Waals surface area contributed by atoms with Crippen molar-refractivity contribution in [2.45, 2.75) is 6.10 Å². The van der Waals surface area contributed by atoms with E-state index in [2.05, 4.69) is 10.3 Å². The quantitative estimate of drug-likeness (QED) is 0.688. The van der Waals surface area contributed by atoms with Crippen molar-refractivity contribution in [3.05, 3.63) is 11.8 Å². The summed E-state index contributed by atoms with van der Waals surface area (Å²) in [6.45, 7) is 0.423. The molecule has 0 radical (unpaired) electrons. The van der Waals surface area contributed by atoms with Crippen molar-refractivity contribution in [1.82, 2.24) is 9.88 Å². The second kappa shape index (κ2) is 4.10. The normalized spacial score (nSPS) is 18.5. The minimum absolute atomic E-state index is 0.0131. The van der Waals surface area contributed by atoms with Gasteiger partial charge in [-0.05, 0) is 20.2 Å². The molecule has 0 saturated carbocycles. The molecular formula is C10H13N3O4. The monoisotopic (exact) mass is 239 g/mol. The fraction of sp³-hybridized carbons (Fsp3) is 0.400. The van der Waals surface area contributed by atoms with E-state index in [9.17, 15) is 9.59 Å². The molecule has 3 N–H and O–H groups in total. The van der Waals surface area contributed by atoms with Crippen LogP contribution in [0.25, 0.3) is 0 Å². The fourth-order valence-corrected chi connectivity index (χ4v) is 1.60. The first-order valence-corrected chi connectivity index (χ1v) is 5.06. The summed E-state index contributed by atoms with van der Waals surface area (Å²) < 4.78 is 5.41. The minimum Gasteiger partial charge on any atom is -0.477 e. The van der Waals surface area contributed by atoms with E-state index in [0.29, 0.717) is 12.2 Å². The van der Waals surface area contributed by atoms with Gasteiger partial charge in [-0.3, -0.25) is 4.79 Å². The Morgan fingerprint density at radius 3 is 2.88 bits per heavy atom. The van der Waals surface area contributed by atoms with Crippen LogP contribution in [0.1, 0.15) is 10.5 Å². The maximum atomic E-state index is 11.6. The van der Waals surface area contributed by atoms with E-state index in [1.807, 2.05) is 19.0 Å². The smallest absolute Gasteiger partial charge is 0.352 e. The number of carboxylic acid groups (broad SMARTS) is 1. The number of fused-ring (bicyclic) bond motifs is 1. The average molecular weight is 239 g/mol. The number of carbonyl (C=O) groups is 2. The van der Waals surface area contributed by atoms with Crippen LogP contribution >= 0.6 is 0 Å². The molecule has 17 heavy (non-hydrogen) atoms.